The molecule has 0 aromatic rings. The molecule has 0 aliphatic heterocycles. The number of aliphatic hydroxyl groups excluding tert-OH is 2. The van der Waals surface area contributed by atoms with Gasteiger partial charge in [-0.3, -0.25) is 4.84 Å². The molecule has 9 heteroatoms. The smallest absolute Gasteiger partial charge is 0.102 e. The molecule has 0 heterocycles. The van der Waals surface area contributed by atoms with Gasteiger partial charge in [-0.15, -0.1) is 42.8 Å². The number of hydrazine groups is 1. The third kappa shape index (κ3) is 22.4. The summed E-state index contributed by atoms with van der Waals surface area (Å²) < 4.78 is 0. The minimum atomic E-state index is -0.856. The van der Waals surface area contributed by atoms with Crippen LogP contribution in [0.2, 0.25) is 0 Å². The summed E-state index contributed by atoms with van der Waals surface area (Å²) in [5.74, 6) is 4.67. The summed E-state index contributed by atoms with van der Waals surface area (Å²) in [6.45, 7) is -0.325. The van der Waals surface area contributed by atoms with E-state index in [1.165, 1.54) is 0 Å². The Balaban J connectivity index is -0.0000000408. The fourth-order valence-electron chi connectivity index (χ4n) is 0.197. The van der Waals surface area contributed by atoms with Crippen LogP contribution in [0.5, 0.6) is 0 Å². The maximum Gasteiger partial charge on any atom is 0.102 e. The van der Waals surface area contributed by atoms with Gasteiger partial charge in [0.15, 0.2) is 0 Å². The van der Waals surface area contributed by atoms with E-state index in [1.54, 1.807) is 0 Å². The Hall–Kier alpha value is 0.630. The molecule has 7 N–H and O–H groups in total. The molecule has 82 valence electrons. The van der Waals surface area contributed by atoms with Crippen LogP contribution in [0, 0.1) is 0 Å². The normalized spacial score (nSPS) is 9.25. The zero-order valence-electron chi connectivity index (χ0n) is 6.10. The van der Waals surface area contributed by atoms with Crippen LogP contribution in [-0.4, -0.2) is 35.0 Å². The van der Waals surface area contributed by atoms with Crippen molar-refractivity contribution in [2.45, 2.75) is 6.10 Å². The molecule has 12 heavy (non-hydrogen) atoms. The first-order valence-electron chi connectivity index (χ1n) is 2.17. The van der Waals surface area contributed by atoms with Crippen molar-refractivity contribution in [1.82, 2.24) is 5.59 Å². The van der Waals surface area contributed by atoms with Crippen molar-refractivity contribution in [1.29, 1.82) is 0 Å². The van der Waals surface area contributed by atoms with Crippen molar-refractivity contribution in [2.75, 3.05) is 13.2 Å². The van der Waals surface area contributed by atoms with Crippen LogP contribution < -0.4 is 11.4 Å². The van der Waals surface area contributed by atoms with Crippen LogP contribution in [0.25, 0.3) is 0 Å². The first-order chi connectivity index (χ1) is 3.81. The first-order valence-corrected chi connectivity index (χ1v) is 2.17. The highest BCUT2D eigenvalue weighted by Crippen LogP contribution is 1.77. The molecule has 0 spiro atoms. The molecule has 0 aliphatic carbocycles. The van der Waals surface area contributed by atoms with E-state index in [0.717, 1.165) is 0 Å². The van der Waals surface area contributed by atoms with Gasteiger partial charge in [0, 0.05) is 0 Å². The van der Waals surface area contributed by atoms with Crippen LogP contribution in [0.1, 0.15) is 0 Å². The van der Waals surface area contributed by atoms with Crippen LogP contribution in [0.4, 0.5) is 0 Å². The van der Waals surface area contributed by atoms with Gasteiger partial charge in [-0.25, -0.2) is 5.84 Å². The molecule has 0 bridgehead atoms. The van der Waals surface area contributed by atoms with Gasteiger partial charge in [0.2, 0.25) is 0 Å². The lowest BCUT2D eigenvalue weighted by molar-refractivity contribution is -0.0372. The van der Waals surface area contributed by atoms with Crippen molar-refractivity contribution in [3.63, 3.8) is 0 Å². The van der Waals surface area contributed by atoms with E-state index in [4.69, 9.17) is 10.2 Å². The Bertz CT molecular complexity index is 62.8. The maximum absolute atomic E-state index is 8.52. The fraction of sp³-hybridized carbons (Fsp3) is 1.00. The Kier molecular flexibility index (Phi) is 55.2. The largest absolute Gasteiger partial charge is 0.412 e. The van der Waals surface area contributed by atoms with Crippen LogP contribution >= 0.6 is 37.2 Å². The molecule has 1 unspecified atom stereocenters. The van der Waals surface area contributed by atoms with Crippen molar-refractivity contribution >= 4 is 37.2 Å². The summed E-state index contributed by atoms with van der Waals surface area (Å²) in [5.41, 5.74) is 1.86. The minimum absolute atomic E-state index is 0. The topological polar surface area (TPSA) is 119 Å². The summed E-state index contributed by atoms with van der Waals surface area (Å²) in [5, 5.41) is 16.7. The van der Waals surface area contributed by atoms with Crippen molar-refractivity contribution in [3.05, 3.63) is 0 Å². The summed E-state index contributed by atoms with van der Waals surface area (Å²) in [6.07, 6.45) is -0.856. The first kappa shape index (κ1) is 29.3. The van der Waals surface area contributed by atoms with Gasteiger partial charge in [-0.1, -0.05) is 0 Å². The Morgan fingerprint density at radius 2 is 1.75 bits per heavy atom. The Morgan fingerprint density at radius 3 is 2.00 bits per heavy atom. The molecule has 1 atom stereocenters. The van der Waals surface area contributed by atoms with Crippen molar-refractivity contribution in [2.24, 2.45) is 5.84 Å². The highest BCUT2D eigenvalue weighted by Gasteiger charge is 1.98. The molecule has 0 rings (SSSR count). The second-order valence-corrected chi connectivity index (χ2v) is 1.27. The second-order valence-electron chi connectivity index (χ2n) is 1.27. The quantitative estimate of drug-likeness (QED) is 0.345. The average Bonchev–Trinajstić information content (AvgIpc) is 1.83. The number of halogens is 3. The third-order valence-corrected chi connectivity index (χ3v) is 0.570. The third-order valence-electron chi connectivity index (χ3n) is 0.570. The number of nitrogens with two attached hydrogens (primary N) is 1. The predicted molar refractivity (Wildman–Crippen MR) is 51.7 cm³/mol. The molecular weight excluding hydrogens is 234 g/mol. The Labute approximate surface area is 88.9 Å². The van der Waals surface area contributed by atoms with E-state index in [9.17, 15) is 0 Å². The van der Waals surface area contributed by atoms with Gasteiger partial charge < -0.3 is 15.7 Å². The number of hydrogen-bond acceptors (Lipinski definition) is 5. The second kappa shape index (κ2) is 22.6. The maximum atomic E-state index is 8.52. The molecule has 0 aromatic heterocycles. The van der Waals surface area contributed by atoms with Gasteiger partial charge in [-0.2, -0.15) is 0 Å². The minimum Gasteiger partial charge on any atom is -0.412 e. The highest BCUT2D eigenvalue weighted by molar-refractivity contribution is 5.86. The zero-order chi connectivity index (χ0) is 6.41. The van der Waals surface area contributed by atoms with E-state index in [0.29, 0.717) is 0 Å². The summed E-state index contributed by atoms with van der Waals surface area (Å²) >= 11 is 0. The lowest BCUT2D eigenvalue weighted by atomic mass is 10.4. The number of aliphatic hydroxyl groups is 2. The average molecular weight is 250 g/mol. The predicted octanol–water partition coefficient (Wildman–Crippen LogP) is -1.82. The summed E-state index contributed by atoms with van der Waals surface area (Å²) in [6, 6.07) is 0. The van der Waals surface area contributed by atoms with E-state index in [2.05, 4.69) is 10.7 Å². The molecular formula is C3H15Cl3N2O4. The number of hydrogen-bond donors (Lipinski definition) is 4. The molecule has 0 saturated carbocycles. The molecule has 0 aliphatic rings. The fourth-order valence-corrected chi connectivity index (χ4v) is 0.197. The van der Waals surface area contributed by atoms with Crippen LogP contribution in [-0.2, 0) is 4.84 Å². The van der Waals surface area contributed by atoms with E-state index < -0.39 is 6.10 Å². The summed E-state index contributed by atoms with van der Waals surface area (Å²) in [4.78, 5) is 4.30. The molecule has 0 radical (unpaired) electrons. The lowest BCUT2D eigenvalue weighted by Crippen LogP contribution is -2.29. The van der Waals surface area contributed by atoms with Gasteiger partial charge >= 0.3 is 0 Å². The van der Waals surface area contributed by atoms with Crippen LogP contribution in [0.15, 0.2) is 0 Å². The van der Waals surface area contributed by atoms with Gasteiger partial charge in [0.05, 0.1) is 13.2 Å². The monoisotopic (exact) mass is 248 g/mol. The zero-order valence-corrected chi connectivity index (χ0v) is 8.55. The van der Waals surface area contributed by atoms with Gasteiger partial charge in [-0.05, 0) is 0 Å². The summed E-state index contributed by atoms with van der Waals surface area (Å²) in [7, 11) is 0. The lowest BCUT2D eigenvalue weighted by Gasteiger charge is -2.04. The molecule has 0 saturated heterocycles. The van der Waals surface area contributed by atoms with Crippen LogP contribution in [0.3, 0.4) is 0 Å². The van der Waals surface area contributed by atoms with Gasteiger partial charge in [0.25, 0.3) is 0 Å². The molecule has 0 amide bonds. The number of rotatable bonds is 4. The number of nitrogens with one attached hydrogen (secondary N) is 1. The van der Waals surface area contributed by atoms with Crippen molar-refractivity contribution in [3.8, 4) is 0 Å². The van der Waals surface area contributed by atoms with Crippen molar-refractivity contribution < 1.29 is 20.5 Å². The molecule has 0 aromatic carbocycles. The molecule has 6 nitrogen and oxygen atoms in total. The Morgan fingerprint density at radius 1 is 1.33 bits per heavy atom. The van der Waals surface area contributed by atoms with E-state index in [-0.39, 0.29) is 55.9 Å². The van der Waals surface area contributed by atoms with E-state index >= 15 is 0 Å². The van der Waals surface area contributed by atoms with E-state index in [1.807, 2.05) is 5.59 Å². The highest BCUT2D eigenvalue weighted by atomic mass is 35.5. The standard InChI is InChI=1S/C3H10N2O3.3ClH.H2O/c4-5-8-2-3(7)1-6;;;;/h3,5-7H,1-2,4H2;3*1H;1H2. The molecule has 0 fully saturated rings. The van der Waals surface area contributed by atoms with Gasteiger partial charge in [0.1, 0.15) is 6.10 Å². The SMILES string of the molecule is Cl.Cl.Cl.NNOCC(O)CO.O.